The zero-order valence-electron chi connectivity index (χ0n) is 68.7. The van der Waals surface area contributed by atoms with Crippen LogP contribution < -0.4 is 30.8 Å². The Morgan fingerprint density at radius 2 is 0.692 bits per heavy atom. The average molecular weight is 1670 g/mol. The van der Waals surface area contributed by atoms with Crippen molar-refractivity contribution in [1.29, 1.82) is 0 Å². The van der Waals surface area contributed by atoms with Crippen molar-refractivity contribution in [3.8, 4) is 11.5 Å². The zero-order valence-corrected chi connectivity index (χ0v) is 69.5. The molecular formula is C84H116F3N5O24S. The standard InChI is InChI=1S/C18H25NO5.C17H22F3NO6S.C17H23NO5.C16H23NO4.C14H17NO4.C2H6/c1-4-5-6-7-16(20)19-15(18(22)24-3)12-13-8-10-14(11-9-13)17(21)23-2;1-3-4-5-6-15(22)21-14(16(23)26-2)11-12-7-9-13(10-8-12)27-28(24,25)17(18,19)20;1-3-4-5-6-15(19)18-14(17(22)23-2)11-12-7-9-13(10-8-12)16(20)21;1-3-4-5-6-15(19)17-14(16(20)21-2)11-12-7-9-13(18)10-8-12;1-3-8-19-14(18)11-6-4-10(5-7-11)9-12(15-2)13(16)17;1-2/h8-11,15H,4-7,12H2,1-3H3,(H,19,20);7-10,14H,3-6,11H2,1-2H3,(H,21,22);7-10,14H,3-6,11H2,1-2H3,(H,18,19)(H,20,21);7-10,14,18H,3-6,11H2,1-2H3,(H,17,19);3-7,12,15H,1,8-9H2,2H3,(H,16,17);1-2H3. The molecular weight excluding hydrogens is 1550 g/mol. The second-order valence-corrected chi connectivity index (χ2v) is 27.2. The topological polar surface area (TPSA) is 424 Å². The number of ether oxygens (including phenoxy) is 6. The van der Waals surface area contributed by atoms with Gasteiger partial charge in [-0.05, 0) is 128 Å². The van der Waals surface area contributed by atoms with E-state index in [2.05, 4.69) is 67.6 Å². The molecule has 0 saturated carbocycles. The van der Waals surface area contributed by atoms with E-state index in [1.165, 1.54) is 58.8 Å². The minimum Gasteiger partial charge on any atom is -0.508 e. The molecule has 33 heteroatoms. The number of carbonyl (C=O) groups excluding carboxylic acids is 10. The number of phenols is 1. The predicted molar refractivity (Wildman–Crippen MR) is 431 cm³/mol. The van der Waals surface area contributed by atoms with Gasteiger partial charge in [-0.3, -0.25) is 24.0 Å². The van der Waals surface area contributed by atoms with Crippen LogP contribution in [-0.2, 0) is 114 Å². The minimum absolute atomic E-state index is 0.0124. The molecule has 648 valence electrons. The number of phenolic OH excluding ortho intramolecular Hbond substituents is 1. The molecule has 5 aromatic rings. The van der Waals surface area contributed by atoms with Gasteiger partial charge in [-0.25, -0.2) is 33.6 Å². The maximum atomic E-state index is 12.3. The van der Waals surface area contributed by atoms with Crippen LogP contribution in [0.4, 0.5) is 13.2 Å². The number of hydrogen-bond acceptors (Lipinski definition) is 23. The van der Waals surface area contributed by atoms with E-state index in [0.29, 0.717) is 61.6 Å². The molecule has 0 heterocycles. The second-order valence-electron chi connectivity index (χ2n) is 25.7. The molecule has 0 bridgehead atoms. The normalized spacial score (nSPS) is 11.8. The number of hydrogen-bond donors (Lipinski definition) is 8. The highest BCUT2D eigenvalue weighted by Crippen LogP contribution is 2.27. The van der Waals surface area contributed by atoms with Gasteiger partial charge < -0.3 is 74.5 Å². The fourth-order valence-electron chi connectivity index (χ4n) is 10.2. The first-order chi connectivity index (χ1) is 55.6. The van der Waals surface area contributed by atoms with Crippen LogP contribution in [-0.4, -0.2) is 180 Å². The highest BCUT2D eigenvalue weighted by Gasteiger charge is 2.48. The molecule has 5 atom stereocenters. The summed E-state index contributed by atoms with van der Waals surface area (Å²) in [5, 5.41) is 40.4. The molecule has 0 saturated heterocycles. The number of carboxylic acids is 2. The van der Waals surface area contributed by atoms with Gasteiger partial charge in [0.05, 0.1) is 52.2 Å². The van der Waals surface area contributed by atoms with Crippen molar-refractivity contribution in [2.24, 2.45) is 0 Å². The van der Waals surface area contributed by atoms with Crippen LogP contribution in [0.2, 0.25) is 0 Å². The number of alkyl halides is 3. The van der Waals surface area contributed by atoms with Crippen LogP contribution >= 0.6 is 0 Å². The molecule has 0 aliphatic carbocycles. The van der Waals surface area contributed by atoms with E-state index in [1.807, 2.05) is 20.8 Å². The summed E-state index contributed by atoms with van der Waals surface area (Å²) in [5.74, 6) is -6.08. The molecule has 0 aromatic heterocycles. The van der Waals surface area contributed by atoms with Crippen LogP contribution in [0.1, 0.15) is 203 Å². The summed E-state index contributed by atoms with van der Waals surface area (Å²) in [6.07, 6.45) is 15.1. The van der Waals surface area contributed by atoms with Gasteiger partial charge in [0.1, 0.15) is 48.3 Å². The number of nitrogens with one attached hydrogen (secondary N) is 5. The van der Waals surface area contributed by atoms with E-state index in [9.17, 15) is 84.2 Å². The number of likely N-dealkylation sites (N-methyl/N-ethyl adjacent to an activating group) is 1. The first kappa shape index (κ1) is 106. The number of benzene rings is 5. The quantitative estimate of drug-likeness (QED) is 0.00449. The Morgan fingerprint density at radius 3 is 0.940 bits per heavy atom. The molecule has 0 spiro atoms. The molecule has 4 amide bonds. The van der Waals surface area contributed by atoms with E-state index >= 15 is 0 Å². The van der Waals surface area contributed by atoms with E-state index in [4.69, 9.17) is 29.2 Å². The fraction of sp³-hybridized carbons (Fsp3) is 0.476. The molecule has 5 aromatic carbocycles. The number of carbonyl (C=O) groups is 12. The van der Waals surface area contributed by atoms with Crippen LogP contribution in [0.5, 0.6) is 11.5 Å². The summed E-state index contributed by atoms with van der Waals surface area (Å²) in [6, 6.07) is 26.9. The van der Waals surface area contributed by atoms with Crippen molar-refractivity contribution < 1.29 is 127 Å². The van der Waals surface area contributed by atoms with Crippen LogP contribution in [0, 0.1) is 0 Å². The summed E-state index contributed by atoms with van der Waals surface area (Å²) in [4.78, 5) is 140. The van der Waals surface area contributed by atoms with Crippen molar-refractivity contribution in [3.63, 3.8) is 0 Å². The predicted octanol–water partition coefficient (Wildman–Crippen LogP) is 11.6. The number of carboxylic acid groups (broad SMARTS) is 2. The van der Waals surface area contributed by atoms with E-state index in [-0.39, 0.29) is 60.8 Å². The van der Waals surface area contributed by atoms with Crippen LogP contribution in [0.25, 0.3) is 0 Å². The number of aromatic carboxylic acids is 1. The third-order valence-electron chi connectivity index (χ3n) is 16.6. The molecule has 5 rings (SSSR count). The Morgan fingerprint density at radius 1 is 0.419 bits per heavy atom. The summed E-state index contributed by atoms with van der Waals surface area (Å²) >= 11 is 0. The Hall–Kier alpha value is -11.2. The van der Waals surface area contributed by atoms with Gasteiger partial charge in [-0.1, -0.05) is 166 Å². The molecule has 0 aliphatic heterocycles. The van der Waals surface area contributed by atoms with Gasteiger partial charge >= 0.3 is 63.4 Å². The van der Waals surface area contributed by atoms with Crippen molar-refractivity contribution in [2.75, 3.05) is 49.2 Å². The molecule has 117 heavy (non-hydrogen) atoms. The van der Waals surface area contributed by atoms with Gasteiger partial charge in [-0.2, -0.15) is 21.6 Å². The van der Waals surface area contributed by atoms with E-state index < -0.39 is 99.3 Å². The maximum Gasteiger partial charge on any atom is 0.534 e. The van der Waals surface area contributed by atoms with Gasteiger partial charge in [0.25, 0.3) is 0 Å². The number of halogens is 3. The zero-order chi connectivity index (χ0) is 88.5. The average Bonchev–Trinajstić information content (AvgIpc) is 0.821. The van der Waals surface area contributed by atoms with Crippen LogP contribution in [0.15, 0.2) is 134 Å². The lowest BCUT2D eigenvalue weighted by molar-refractivity contribution is -0.145. The van der Waals surface area contributed by atoms with E-state index in [1.54, 1.807) is 92.0 Å². The second kappa shape index (κ2) is 60.3. The lowest BCUT2D eigenvalue weighted by Gasteiger charge is -2.17. The number of amides is 4. The SMILES string of the molecule is C=CCOC(=O)c1ccc(CC(NC)C(=O)O)cc1.CC.CCCCCC(=O)NC(Cc1ccc(C(=O)O)cc1)C(=O)OC.CCCCCC(=O)NC(Cc1ccc(C(=O)OC)cc1)C(=O)OC.CCCCCC(=O)NC(Cc1ccc(O)cc1)C(=O)OC.CCCCCC(=O)NC(Cc1ccc(OS(=O)(=O)C(F)(F)F)cc1)C(=O)OC. The number of unbranched alkanes of at least 4 members (excludes halogenated alkanes) is 8. The first-order valence-electron chi connectivity index (χ1n) is 38.3. The van der Waals surface area contributed by atoms with E-state index in [0.717, 1.165) is 112 Å². The van der Waals surface area contributed by atoms with Crippen molar-refractivity contribution >= 4 is 81.5 Å². The third-order valence-corrected chi connectivity index (χ3v) is 17.6. The number of rotatable bonds is 43. The Kier molecular flexibility index (Phi) is 54.5. The number of esters is 6. The first-order valence-corrected chi connectivity index (χ1v) is 39.7. The Balaban J connectivity index is 0.00000144. The molecule has 0 aliphatic rings. The molecule has 29 nitrogen and oxygen atoms in total. The number of methoxy groups -OCH3 is 5. The molecule has 0 fully saturated rings. The Bertz CT molecular complexity index is 3940. The van der Waals surface area contributed by atoms with Gasteiger partial charge in [0, 0.05) is 51.4 Å². The van der Waals surface area contributed by atoms with Crippen LogP contribution in [0.3, 0.4) is 0 Å². The highest BCUT2D eigenvalue weighted by atomic mass is 32.2. The lowest BCUT2D eigenvalue weighted by Crippen LogP contribution is -2.43. The summed E-state index contributed by atoms with van der Waals surface area (Å²) < 4.78 is 91.4. The maximum absolute atomic E-state index is 12.3. The van der Waals surface area contributed by atoms with Gasteiger partial charge in [-0.15, -0.1) is 0 Å². The summed E-state index contributed by atoms with van der Waals surface area (Å²) in [7, 11) is 2.18. The lowest BCUT2D eigenvalue weighted by atomic mass is 10.0. The monoisotopic (exact) mass is 1670 g/mol. The van der Waals surface area contributed by atoms with Crippen molar-refractivity contribution in [2.45, 2.75) is 212 Å². The third kappa shape index (κ3) is 45.0. The van der Waals surface area contributed by atoms with Crippen molar-refractivity contribution in [1.82, 2.24) is 26.6 Å². The summed E-state index contributed by atoms with van der Waals surface area (Å²) in [6.45, 7) is 15.8. The summed E-state index contributed by atoms with van der Waals surface area (Å²) in [5.41, 5.74) is -0.802. The van der Waals surface area contributed by atoms with Gasteiger partial charge in [0.15, 0.2) is 0 Å². The smallest absolute Gasteiger partial charge is 0.508 e. The molecule has 0 radical (unpaired) electrons. The Labute approximate surface area is 683 Å². The minimum atomic E-state index is -5.76. The largest absolute Gasteiger partial charge is 0.534 e. The van der Waals surface area contributed by atoms with Crippen molar-refractivity contribution in [3.05, 3.63) is 178 Å². The molecule has 8 N–H and O–H groups in total. The number of aromatic hydroxyl groups is 1. The highest BCUT2D eigenvalue weighted by molar-refractivity contribution is 7.88. The fourth-order valence-corrected chi connectivity index (χ4v) is 10.7. The van der Waals surface area contributed by atoms with Gasteiger partial charge in [0.2, 0.25) is 23.6 Å². The number of aliphatic carboxylic acids is 1. The molecule has 5 unspecified atom stereocenters.